The van der Waals surface area contributed by atoms with Crippen LogP contribution in [0.15, 0.2) is 54.6 Å². The Morgan fingerprint density at radius 1 is 1.11 bits per heavy atom. The third kappa shape index (κ3) is 4.76. The number of hydrogen-bond acceptors (Lipinski definition) is 4. The Kier molecular flexibility index (Phi) is 6.42. The smallest absolute Gasteiger partial charge is 0.257 e. The fourth-order valence-electron chi connectivity index (χ4n) is 3.08. The number of benzene rings is 2. The zero-order valence-corrected chi connectivity index (χ0v) is 16.2. The molecule has 0 aliphatic heterocycles. The summed E-state index contributed by atoms with van der Waals surface area (Å²) in [7, 11) is 0. The number of nitrogens with zero attached hydrogens (tertiary/aromatic N) is 2. The summed E-state index contributed by atoms with van der Waals surface area (Å²) in [5.41, 5.74) is 1.84. The molecule has 1 atom stereocenters. The van der Waals surface area contributed by atoms with E-state index in [1.807, 2.05) is 66.1 Å². The minimum absolute atomic E-state index is 0.0100. The number of para-hydroxylation sites is 3. The van der Waals surface area contributed by atoms with Gasteiger partial charge < -0.3 is 14.6 Å². The number of Topliss-reactive ketones (excluding diaryl/α,β-unsaturated/α-hetero) is 1. The maximum Gasteiger partial charge on any atom is 0.257 e. The number of aryl methyl sites for hydroxylation is 1. The first kappa shape index (κ1) is 19.6. The van der Waals surface area contributed by atoms with Crippen LogP contribution in [-0.2, 0) is 16.0 Å². The van der Waals surface area contributed by atoms with E-state index in [0.717, 1.165) is 23.3 Å². The van der Waals surface area contributed by atoms with Crippen molar-refractivity contribution in [2.24, 2.45) is 0 Å². The molecule has 0 fully saturated rings. The molecular formula is C22H25N3O3. The second-order valence-electron chi connectivity index (χ2n) is 6.73. The second kappa shape index (κ2) is 9.17. The van der Waals surface area contributed by atoms with E-state index in [-0.39, 0.29) is 24.3 Å². The predicted octanol–water partition coefficient (Wildman–Crippen LogP) is 3.31. The standard InChI is InChI=1S/C22H25N3O3/c1-16(17(2)26)25-20-12-7-6-11-19(20)24-21(25)13-8-14-23-22(27)15-28-18-9-4-3-5-10-18/h3-7,9-12,16H,8,13-15H2,1-2H3,(H,23,27). The topological polar surface area (TPSA) is 73.2 Å². The van der Waals surface area contributed by atoms with Crippen LogP contribution in [0.5, 0.6) is 5.75 Å². The highest BCUT2D eigenvalue weighted by atomic mass is 16.5. The first-order valence-corrected chi connectivity index (χ1v) is 9.47. The third-order valence-electron chi connectivity index (χ3n) is 4.66. The molecule has 6 heteroatoms. The number of carbonyl (C=O) groups excluding carboxylic acids is 2. The fraction of sp³-hybridized carbons (Fsp3) is 0.318. The first-order chi connectivity index (χ1) is 13.6. The van der Waals surface area contributed by atoms with Crippen molar-refractivity contribution in [1.29, 1.82) is 0 Å². The van der Waals surface area contributed by atoms with Crippen LogP contribution < -0.4 is 10.1 Å². The predicted molar refractivity (Wildman–Crippen MR) is 108 cm³/mol. The average molecular weight is 379 g/mol. The highest BCUT2D eigenvalue weighted by molar-refractivity contribution is 5.83. The molecule has 0 aliphatic carbocycles. The maximum atomic E-state index is 11.9. The van der Waals surface area contributed by atoms with E-state index >= 15 is 0 Å². The Balaban J connectivity index is 1.54. The van der Waals surface area contributed by atoms with Crippen molar-refractivity contribution in [3.05, 3.63) is 60.4 Å². The molecule has 0 saturated carbocycles. The van der Waals surface area contributed by atoms with Crippen LogP contribution in [0.4, 0.5) is 0 Å². The van der Waals surface area contributed by atoms with Crippen LogP contribution in [0.2, 0.25) is 0 Å². The lowest BCUT2D eigenvalue weighted by Crippen LogP contribution is -2.30. The van der Waals surface area contributed by atoms with Crippen LogP contribution in [0.25, 0.3) is 11.0 Å². The van der Waals surface area contributed by atoms with Crippen LogP contribution in [0.3, 0.4) is 0 Å². The quantitative estimate of drug-likeness (QED) is 0.579. The Morgan fingerprint density at radius 2 is 1.82 bits per heavy atom. The van der Waals surface area contributed by atoms with Gasteiger partial charge in [0, 0.05) is 13.0 Å². The number of nitrogens with one attached hydrogen (secondary N) is 1. The summed E-state index contributed by atoms with van der Waals surface area (Å²) in [6.45, 7) is 4.00. The van der Waals surface area contributed by atoms with Gasteiger partial charge in [-0.15, -0.1) is 0 Å². The molecule has 1 N–H and O–H groups in total. The van der Waals surface area contributed by atoms with Crippen molar-refractivity contribution in [1.82, 2.24) is 14.9 Å². The normalized spacial score (nSPS) is 11.9. The summed E-state index contributed by atoms with van der Waals surface area (Å²) in [5, 5.41) is 2.86. The van der Waals surface area contributed by atoms with Crippen molar-refractivity contribution >= 4 is 22.7 Å². The molecule has 146 valence electrons. The summed E-state index contributed by atoms with van der Waals surface area (Å²) in [4.78, 5) is 28.5. The van der Waals surface area contributed by atoms with Gasteiger partial charge in [0.25, 0.3) is 5.91 Å². The van der Waals surface area contributed by atoms with Gasteiger partial charge in [0.05, 0.1) is 17.1 Å². The van der Waals surface area contributed by atoms with Crippen molar-refractivity contribution in [2.45, 2.75) is 32.7 Å². The highest BCUT2D eigenvalue weighted by Gasteiger charge is 2.18. The van der Waals surface area contributed by atoms with Crippen molar-refractivity contribution in [3.8, 4) is 5.75 Å². The minimum Gasteiger partial charge on any atom is -0.484 e. The molecule has 6 nitrogen and oxygen atoms in total. The van der Waals surface area contributed by atoms with Gasteiger partial charge in [0.1, 0.15) is 11.6 Å². The van der Waals surface area contributed by atoms with Gasteiger partial charge in [-0.1, -0.05) is 30.3 Å². The lowest BCUT2D eigenvalue weighted by molar-refractivity contribution is -0.123. The van der Waals surface area contributed by atoms with E-state index in [2.05, 4.69) is 10.3 Å². The number of ether oxygens (including phenoxy) is 1. The number of imidazole rings is 1. The van der Waals surface area contributed by atoms with Gasteiger partial charge in [0.15, 0.2) is 12.4 Å². The molecule has 28 heavy (non-hydrogen) atoms. The molecule has 2 aromatic carbocycles. The summed E-state index contributed by atoms with van der Waals surface area (Å²) in [6, 6.07) is 16.8. The fourth-order valence-corrected chi connectivity index (χ4v) is 3.08. The number of hydrogen-bond donors (Lipinski definition) is 1. The Hall–Kier alpha value is -3.15. The number of aromatic nitrogens is 2. The van der Waals surface area contributed by atoms with Gasteiger partial charge in [-0.3, -0.25) is 9.59 Å². The molecule has 0 bridgehead atoms. The van der Waals surface area contributed by atoms with Crippen LogP contribution >= 0.6 is 0 Å². The van der Waals surface area contributed by atoms with Gasteiger partial charge in [-0.2, -0.15) is 0 Å². The summed E-state index contributed by atoms with van der Waals surface area (Å²) in [5.74, 6) is 1.47. The highest BCUT2D eigenvalue weighted by Crippen LogP contribution is 2.22. The number of fused-ring (bicyclic) bond motifs is 1. The summed E-state index contributed by atoms with van der Waals surface area (Å²) in [6.07, 6.45) is 1.40. The lowest BCUT2D eigenvalue weighted by atomic mass is 10.2. The Labute approximate surface area is 164 Å². The minimum atomic E-state index is -0.267. The van der Waals surface area contributed by atoms with E-state index < -0.39 is 0 Å². The SMILES string of the molecule is CC(=O)C(C)n1c(CCCNC(=O)COc2ccccc2)nc2ccccc21. The van der Waals surface area contributed by atoms with Crippen molar-refractivity contribution < 1.29 is 14.3 Å². The molecule has 0 aliphatic rings. The van der Waals surface area contributed by atoms with E-state index in [1.54, 1.807) is 6.92 Å². The second-order valence-corrected chi connectivity index (χ2v) is 6.73. The molecular weight excluding hydrogens is 354 g/mol. The van der Waals surface area contributed by atoms with Crippen molar-refractivity contribution in [3.63, 3.8) is 0 Å². The maximum absolute atomic E-state index is 11.9. The van der Waals surface area contributed by atoms with Gasteiger partial charge >= 0.3 is 0 Å². The first-order valence-electron chi connectivity index (χ1n) is 9.47. The van der Waals surface area contributed by atoms with Gasteiger partial charge in [0.2, 0.25) is 0 Å². The van der Waals surface area contributed by atoms with E-state index in [0.29, 0.717) is 18.7 Å². The van der Waals surface area contributed by atoms with E-state index in [4.69, 9.17) is 4.74 Å². The molecule has 1 heterocycles. The molecule has 0 saturated heterocycles. The summed E-state index contributed by atoms with van der Waals surface area (Å²) < 4.78 is 7.43. The number of rotatable bonds is 9. The molecule has 0 spiro atoms. The summed E-state index contributed by atoms with van der Waals surface area (Å²) >= 11 is 0. The van der Waals surface area contributed by atoms with Gasteiger partial charge in [-0.25, -0.2) is 4.98 Å². The van der Waals surface area contributed by atoms with Gasteiger partial charge in [-0.05, 0) is 44.5 Å². The number of ketones is 1. The third-order valence-corrected chi connectivity index (χ3v) is 4.66. The molecule has 1 aromatic heterocycles. The molecule has 0 radical (unpaired) electrons. The van der Waals surface area contributed by atoms with Crippen LogP contribution in [0.1, 0.15) is 32.1 Å². The van der Waals surface area contributed by atoms with E-state index in [9.17, 15) is 9.59 Å². The molecule has 3 aromatic rings. The number of amides is 1. The van der Waals surface area contributed by atoms with E-state index in [1.165, 1.54) is 0 Å². The average Bonchev–Trinajstić information content (AvgIpc) is 3.08. The Morgan fingerprint density at radius 3 is 2.57 bits per heavy atom. The molecule has 3 rings (SSSR count). The van der Waals surface area contributed by atoms with Crippen LogP contribution in [0, 0.1) is 0 Å². The van der Waals surface area contributed by atoms with Crippen molar-refractivity contribution in [2.75, 3.05) is 13.2 Å². The van der Waals surface area contributed by atoms with Crippen LogP contribution in [-0.4, -0.2) is 34.4 Å². The molecule has 1 unspecified atom stereocenters. The zero-order valence-electron chi connectivity index (χ0n) is 16.2. The Bertz CT molecular complexity index is 950. The zero-order chi connectivity index (χ0) is 19.9. The number of carbonyl (C=O) groups is 2. The molecule has 1 amide bonds. The lowest BCUT2D eigenvalue weighted by Gasteiger charge is -2.15. The monoisotopic (exact) mass is 379 g/mol. The largest absolute Gasteiger partial charge is 0.484 e.